The van der Waals surface area contributed by atoms with E-state index in [1.807, 2.05) is 0 Å². The quantitative estimate of drug-likeness (QED) is 0.853. The number of aromatic nitrogens is 2. The molecule has 1 fully saturated rings. The lowest BCUT2D eigenvalue weighted by Crippen LogP contribution is -2.36. The van der Waals surface area contributed by atoms with E-state index < -0.39 is 5.82 Å². The fraction of sp³-hybridized carbons (Fsp3) is 0.579. The van der Waals surface area contributed by atoms with Crippen molar-refractivity contribution in [1.82, 2.24) is 19.4 Å². The van der Waals surface area contributed by atoms with Crippen LogP contribution in [0, 0.1) is 5.82 Å². The molecular formula is C19H27FN4O. The highest BCUT2D eigenvalue weighted by atomic mass is 19.1. The summed E-state index contributed by atoms with van der Waals surface area (Å²) in [6, 6.07) is 4.37. The topological polar surface area (TPSA) is 41.4 Å². The molecule has 0 saturated carbocycles. The molecule has 1 aliphatic rings. The number of benzene rings is 1. The zero-order valence-corrected chi connectivity index (χ0v) is 15.3. The minimum atomic E-state index is -0.403. The summed E-state index contributed by atoms with van der Waals surface area (Å²) >= 11 is 0. The van der Waals surface area contributed by atoms with Gasteiger partial charge in [0, 0.05) is 26.7 Å². The van der Waals surface area contributed by atoms with Gasteiger partial charge in [-0.25, -0.2) is 9.37 Å². The average Bonchev–Trinajstić information content (AvgIpc) is 2.81. The number of halogens is 1. The lowest BCUT2D eigenvalue weighted by atomic mass is 10.1. The number of hydrogen-bond donors (Lipinski definition) is 0. The van der Waals surface area contributed by atoms with Gasteiger partial charge in [-0.05, 0) is 44.6 Å². The maximum Gasteiger partial charge on any atom is 0.261 e. The molecule has 0 bridgehead atoms. The molecule has 0 aliphatic carbocycles. The minimum Gasteiger partial charge on any atom is -0.305 e. The van der Waals surface area contributed by atoms with Gasteiger partial charge >= 0.3 is 0 Å². The fourth-order valence-electron chi connectivity index (χ4n) is 3.68. The van der Waals surface area contributed by atoms with Crippen molar-refractivity contribution in [2.24, 2.45) is 7.05 Å². The second kappa shape index (κ2) is 7.62. The zero-order valence-electron chi connectivity index (χ0n) is 15.3. The Morgan fingerprint density at radius 2 is 2.00 bits per heavy atom. The van der Waals surface area contributed by atoms with Crippen LogP contribution in [0.1, 0.15) is 38.1 Å². The van der Waals surface area contributed by atoms with Crippen molar-refractivity contribution in [3.63, 3.8) is 0 Å². The van der Waals surface area contributed by atoms with Crippen molar-refractivity contribution >= 4 is 10.9 Å². The van der Waals surface area contributed by atoms with E-state index in [1.54, 1.807) is 17.7 Å². The molecule has 136 valence electrons. The Hall–Kier alpha value is -1.79. The van der Waals surface area contributed by atoms with Gasteiger partial charge in [-0.1, -0.05) is 13.3 Å². The summed E-state index contributed by atoms with van der Waals surface area (Å²) in [5.41, 5.74) is 0.403. The third-order valence-electron chi connectivity index (χ3n) is 5.13. The van der Waals surface area contributed by atoms with Crippen LogP contribution < -0.4 is 5.56 Å². The molecule has 1 aromatic carbocycles. The Morgan fingerprint density at radius 1 is 1.20 bits per heavy atom. The van der Waals surface area contributed by atoms with Crippen molar-refractivity contribution in [1.29, 1.82) is 0 Å². The van der Waals surface area contributed by atoms with E-state index in [0.29, 0.717) is 10.9 Å². The van der Waals surface area contributed by atoms with E-state index in [4.69, 9.17) is 4.98 Å². The van der Waals surface area contributed by atoms with Crippen LogP contribution in [0.4, 0.5) is 4.39 Å². The molecule has 2 heterocycles. The van der Waals surface area contributed by atoms with Crippen LogP contribution in [0.3, 0.4) is 0 Å². The van der Waals surface area contributed by atoms with E-state index in [1.165, 1.54) is 12.1 Å². The van der Waals surface area contributed by atoms with Crippen LogP contribution in [-0.2, 0) is 7.05 Å². The Bertz CT molecular complexity index is 804. The first-order valence-corrected chi connectivity index (χ1v) is 9.10. The highest BCUT2D eigenvalue weighted by molar-refractivity contribution is 5.77. The highest BCUT2D eigenvalue weighted by Crippen LogP contribution is 2.26. The number of fused-ring (bicyclic) bond motifs is 1. The molecular weight excluding hydrogens is 319 g/mol. The monoisotopic (exact) mass is 346 g/mol. The first kappa shape index (κ1) is 18.0. The first-order chi connectivity index (χ1) is 12.0. The van der Waals surface area contributed by atoms with Crippen LogP contribution in [0.25, 0.3) is 10.9 Å². The molecule has 0 amide bonds. The third-order valence-corrected chi connectivity index (χ3v) is 5.13. The molecule has 25 heavy (non-hydrogen) atoms. The standard InChI is InChI=1S/C19H27FN4O/c1-4-6-17(24-10-5-9-22(2)11-12-24)18-21-16-8-7-14(20)13-15(16)19(25)23(18)3/h7-8,13,17H,4-6,9-12H2,1-3H3/t17-/m1/s1. The van der Waals surface area contributed by atoms with E-state index in [2.05, 4.69) is 23.8 Å². The van der Waals surface area contributed by atoms with Gasteiger partial charge in [0.05, 0.1) is 16.9 Å². The van der Waals surface area contributed by atoms with Gasteiger partial charge in [0.2, 0.25) is 0 Å². The Balaban J connectivity index is 2.05. The Kier molecular flexibility index (Phi) is 5.49. The number of likely N-dealkylation sites (N-methyl/N-ethyl adjacent to an activating group) is 1. The average molecular weight is 346 g/mol. The molecule has 1 saturated heterocycles. The fourth-order valence-corrected chi connectivity index (χ4v) is 3.68. The maximum atomic E-state index is 13.5. The SMILES string of the molecule is CCC[C@H](c1nc2ccc(F)cc2c(=O)n1C)N1CCCN(C)CC1. The Morgan fingerprint density at radius 3 is 2.76 bits per heavy atom. The largest absolute Gasteiger partial charge is 0.305 e. The normalized spacial score (nSPS) is 18.4. The van der Waals surface area contributed by atoms with Gasteiger partial charge in [0.15, 0.2) is 0 Å². The molecule has 5 nitrogen and oxygen atoms in total. The van der Waals surface area contributed by atoms with Crippen LogP contribution in [-0.4, -0.2) is 52.6 Å². The molecule has 0 N–H and O–H groups in total. The van der Waals surface area contributed by atoms with Crippen LogP contribution in [0.5, 0.6) is 0 Å². The van der Waals surface area contributed by atoms with E-state index >= 15 is 0 Å². The lowest BCUT2D eigenvalue weighted by Gasteiger charge is -2.31. The van der Waals surface area contributed by atoms with Gasteiger partial charge in [-0.3, -0.25) is 14.3 Å². The Labute approximate surface area is 148 Å². The van der Waals surface area contributed by atoms with Crippen LogP contribution in [0.15, 0.2) is 23.0 Å². The van der Waals surface area contributed by atoms with Crippen molar-refractivity contribution in [3.05, 3.63) is 40.2 Å². The second-order valence-corrected chi connectivity index (χ2v) is 6.99. The van der Waals surface area contributed by atoms with Gasteiger partial charge < -0.3 is 4.90 Å². The lowest BCUT2D eigenvalue weighted by molar-refractivity contribution is 0.181. The summed E-state index contributed by atoms with van der Waals surface area (Å²) in [6.45, 7) is 6.25. The molecule has 2 aromatic rings. The molecule has 1 atom stereocenters. The van der Waals surface area contributed by atoms with Gasteiger partial charge in [-0.15, -0.1) is 0 Å². The third kappa shape index (κ3) is 3.75. The molecule has 0 radical (unpaired) electrons. The summed E-state index contributed by atoms with van der Waals surface area (Å²) in [5.74, 6) is 0.385. The summed E-state index contributed by atoms with van der Waals surface area (Å²) in [4.78, 5) is 22.3. The van der Waals surface area contributed by atoms with E-state index in [9.17, 15) is 9.18 Å². The molecule has 6 heteroatoms. The molecule has 1 aromatic heterocycles. The predicted molar refractivity (Wildman–Crippen MR) is 98.3 cm³/mol. The zero-order chi connectivity index (χ0) is 18.0. The number of nitrogens with zero attached hydrogens (tertiary/aromatic N) is 4. The van der Waals surface area contributed by atoms with Crippen molar-refractivity contribution < 1.29 is 4.39 Å². The first-order valence-electron chi connectivity index (χ1n) is 9.10. The van der Waals surface area contributed by atoms with Gasteiger partial charge in [0.1, 0.15) is 11.6 Å². The summed E-state index contributed by atoms with van der Waals surface area (Å²) in [5, 5.41) is 0.345. The summed E-state index contributed by atoms with van der Waals surface area (Å²) < 4.78 is 15.1. The minimum absolute atomic E-state index is 0.114. The van der Waals surface area contributed by atoms with Crippen molar-refractivity contribution in [2.75, 3.05) is 33.2 Å². The number of hydrogen-bond acceptors (Lipinski definition) is 4. The van der Waals surface area contributed by atoms with Crippen LogP contribution in [0.2, 0.25) is 0 Å². The molecule has 1 aliphatic heterocycles. The second-order valence-electron chi connectivity index (χ2n) is 6.99. The smallest absolute Gasteiger partial charge is 0.261 e. The van der Waals surface area contributed by atoms with Crippen molar-refractivity contribution in [3.8, 4) is 0 Å². The van der Waals surface area contributed by atoms with E-state index in [-0.39, 0.29) is 11.6 Å². The molecule has 3 rings (SSSR count). The molecule has 0 unspecified atom stereocenters. The highest BCUT2D eigenvalue weighted by Gasteiger charge is 2.26. The van der Waals surface area contributed by atoms with Crippen LogP contribution >= 0.6 is 0 Å². The van der Waals surface area contributed by atoms with Gasteiger partial charge in [-0.2, -0.15) is 0 Å². The predicted octanol–water partition coefficient (Wildman–Crippen LogP) is 2.55. The van der Waals surface area contributed by atoms with Gasteiger partial charge in [0.25, 0.3) is 5.56 Å². The summed E-state index contributed by atoms with van der Waals surface area (Å²) in [7, 11) is 3.90. The maximum absolute atomic E-state index is 13.5. The number of rotatable bonds is 4. The molecule has 0 spiro atoms. The van der Waals surface area contributed by atoms with E-state index in [0.717, 1.165) is 51.3 Å². The summed E-state index contributed by atoms with van der Waals surface area (Å²) in [6.07, 6.45) is 3.09. The van der Waals surface area contributed by atoms with Crippen molar-refractivity contribution in [2.45, 2.75) is 32.2 Å².